The van der Waals surface area contributed by atoms with E-state index in [0.29, 0.717) is 17.9 Å². The number of aryl methyl sites for hydroxylation is 1. The zero-order valence-corrected chi connectivity index (χ0v) is 10.7. The minimum absolute atomic E-state index is 0.00322. The predicted molar refractivity (Wildman–Crippen MR) is 63.9 cm³/mol. The fourth-order valence-corrected chi connectivity index (χ4v) is 1.41. The van der Waals surface area contributed by atoms with Gasteiger partial charge in [-0.1, -0.05) is 0 Å². The van der Waals surface area contributed by atoms with E-state index in [1.165, 1.54) is 0 Å². The Bertz CT molecular complexity index is 397. The summed E-state index contributed by atoms with van der Waals surface area (Å²) in [6, 6.07) is 3.54. The average Bonchev–Trinajstić information content (AvgIpc) is 2.33. The van der Waals surface area contributed by atoms with E-state index in [1.807, 2.05) is 6.92 Å². The number of ether oxygens (including phenoxy) is 2. The number of nitrogens with zero attached hydrogens (tertiary/aromatic N) is 1. The van der Waals surface area contributed by atoms with Crippen LogP contribution in [0, 0.1) is 6.92 Å². The number of hydrogen-bond acceptors (Lipinski definition) is 4. The van der Waals surface area contributed by atoms with Crippen LogP contribution in [0.5, 0.6) is 5.75 Å². The first-order valence-corrected chi connectivity index (χ1v) is 5.86. The van der Waals surface area contributed by atoms with Crippen molar-refractivity contribution in [2.75, 3.05) is 19.8 Å². The molecule has 0 saturated carbocycles. The van der Waals surface area contributed by atoms with Gasteiger partial charge in [0.25, 0.3) is 0 Å². The van der Waals surface area contributed by atoms with Crippen molar-refractivity contribution in [2.24, 2.45) is 5.73 Å². The Balaban J connectivity index is 2.26. The summed E-state index contributed by atoms with van der Waals surface area (Å²) in [4.78, 5) is 4.21. The minimum atomic E-state index is -4.28. The van der Waals surface area contributed by atoms with Crippen molar-refractivity contribution in [1.82, 2.24) is 4.98 Å². The van der Waals surface area contributed by atoms with Crippen molar-refractivity contribution in [1.29, 1.82) is 0 Å². The van der Waals surface area contributed by atoms with Gasteiger partial charge >= 0.3 is 6.18 Å². The Hall–Kier alpha value is -1.34. The molecule has 0 aliphatic carbocycles. The third kappa shape index (κ3) is 6.40. The van der Waals surface area contributed by atoms with Gasteiger partial charge in [-0.05, 0) is 19.1 Å². The summed E-state index contributed by atoms with van der Waals surface area (Å²) in [7, 11) is 0. The summed E-state index contributed by atoms with van der Waals surface area (Å²) in [6.45, 7) is 1.12. The molecule has 108 valence electrons. The van der Waals surface area contributed by atoms with Gasteiger partial charge < -0.3 is 15.2 Å². The number of aromatic nitrogens is 1. The number of rotatable bonds is 7. The van der Waals surface area contributed by atoms with Crippen molar-refractivity contribution in [3.8, 4) is 5.75 Å². The van der Waals surface area contributed by atoms with E-state index < -0.39 is 12.8 Å². The first-order chi connectivity index (χ1) is 8.92. The Morgan fingerprint density at radius 3 is 2.63 bits per heavy atom. The predicted octanol–water partition coefficient (Wildman–Crippen LogP) is 2.20. The van der Waals surface area contributed by atoms with Gasteiger partial charge in [0, 0.05) is 18.7 Å². The normalized spacial score (nSPS) is 11.6. The maximum atomic E-state index is 11.8. The lowest BCUT2D eigenvalue weighted by Crippen LogP contribution is -2.18. The van der Waals surface area contributed by atoms with E-state index >= 15 is 0 Å². The molecule has 0 atom stereocenters. The van der Waals surface area contributed by atoms with E-state index in [0.717, 1.165) is 5.69 Å². The second-order valence-corrected chi connectivity index (χ2v) is 3.97. The summed E-state index contributed by atoms with van der Waals surface area (Å²) >= 11 is 0. The number of nitrogens with two attached hydrogens (primary N) is 1. The quantitative estimate of drug-likeness (QED) is 0.777. The SMILES string of the molecule is Cc1ccc(OCCCOCC(F)(F)F)c(CN)n1. The van der Waals surface area contributed by atoms with Crippen molar-refractivity contribution in [3.63, 3.8) is 0 Å². The first-order valence-electron chi connectivity index (χ1n) is 5.86. The zero-order chi connectivity index (χ0) is 14.3. The monoisotopic (exact) mass is 278 g/mol. The van der Waals surface area contributed by atoms with E-state index in [9.17, 15) is 13.2 Å². The molecule has 19 heavy (non-hydrogen) atoms. The number of hydrogen-bond donors (Lipinski definition) is 1. The molecule has 0 aliphatic rings. The van der Waals surface area contributed by atoms with Gasteiger partial charge in [0.15, 0.2) is 0 Å². The van der Waals surface area contributed by atoms with Crippen molar-refractivity contribution < 1.29 is 22.6 Å². The molecule has 1 heterocycles. The minimum Gasteiger partial charge on any atom is -0.492 e. The van der Waals surface area contributed by atoms with Crippen LogP contribution in [0.3, 0.4) is 0 Å². The molecule has 1 aromatic heterocycles. The molecule has 0 bridgehead atoms. The molecule has 0 fully saturated rings. The number of halogens is 3. The maximum Gasteiger partial charge on any atom is 0.411 e. The Labute approximate surface area is 109 Å². The molecular formula is C12H17F3N2O2. The molecule has 4 nitrogen and oxygen atoms in total. The van der Waals surface area contributed by atoms with E-state index in [4.69, 9.17) is 10.5 Å². The fourth-order valence-electron chi connectivity index (χ4n) is 1.41. The molecule has 1 aromatic rings. The van der Waals surface area contributed by atoms with Gasteiger partial charge in [0.05, 0.1) is 18.9 Å². The molecule has 0 radical (unpaired) electrons. The van der Waals surface area contributed by atoms with Gasteiger partial charge in [-0.25, -0.2) is 0 Å². The van der Waals surface area contributed by atoms with Crippen LogP contribution in [0.1, 0.15) is 17.8 Å². The maximum absolute atomic E-state index is 11.8. The second-order valence-electron chi connectivity index (χ2n) is 3.97. The first kappa shape index (κ1) is 15.7. The van der Waals surface area contributed by atoms with Crippen molar-refractivity contribution >= 4 is 0 Å². The highest BCUT2D eigenvalue weighted by atomic mass is 19.4. The van der Waals surface area contributed by atoms with Crippen LogP contribution in [0.25, 0.3) is 0 Å². The Morgan fingerprint density at radius 2 is 2.00 bits per heavy atom. The molecule has 1 rings (SSSR count). The molecule has 0 aromatic carbocycles. The smallest absolute Gasteiger partial charge is 0.411 e. The fraction of sp³-hybridized carbons (Fsp3) is 0.583. The van der Waals surface area contributed by atoms with Gasteiger partial charge in [0.2, 0.25) is 0 Å². The Kier molecular flexibility index (Phi) is 6.04. The van der Waals surface area contributed by atoms with E-state index in [-0.39, 0.29) is 19.8 Å². The average molecular weight is 278 g/mol. The van der Waals surface area contributed by atoms with E-state index in [2.05, 4.69) is 9.72 Å². The standard InChI is InChI=1S/C12H17F3N2O2/c1-9-3-4-11(10(7-16)17-9)19-6-2-5-18-8-12(13,14)15/h3-4H,2,5-8,16H2,1H3. The van der Waals surface area contributed by atoms with Crippen molar-refractivity contribution in [3.05, 3.63) is 23.5 Å². The van der Waals surface area contributed by atoms with Gasteiger partial charge in [-0.2, -0.15) is 13.2 Å². The van der Waals surface area contributed by atoms with Crippen LogP contribution in [-0.4, -0.2) is 31.0 Å². The number of pyridine rings is 1. The second kappa shape index (κ2) is 7.30. The van der Waals surface area contributed by atoms with Crippen LogP contribution in [0.2, 0.25) is 0 Å². The summed E-state index contributed by atoms with van der Waals surface area (Å²) in [5.41, 5.74) is 7.00. The highest BCUT2D eigenvalue weighted by Crippen LogP contribution is 2.17. The summed E-state index contributed by atoms with van der Waals surface area (Å²) in [6.07, 6.45) is -3.91. The van der Waals surface area contributed by atoms with Crippen LogP contribution < -0.4 is 10.5 Å². The van der Waals surface area contributed by atoms with Crippen LogP contribution in [0.15, 0.2) is 12.1 Å². The molecule has 0 saturated heterocycles. The van der Waals surface area contributed by atoms with E-state index in [1.54, 1.807) is 12.1 Å². The highest BCUT2D eigenvalue weighted by Gasteiger charge is 2.27. The lowest BCUT2D eigenvalue weighted by Gasteiger charge is -2.11. The summed E-state index contributed by atoms with van der Waals surface area (Å²) in [5, 5.41) is 0. The lowest BCUT2D eigenvalue weighted by atomic mass is 10.3. The molecule has 0 unspecified atom stereocenters. The molecule has 7 heteroatoms. The number of alkyl halides is 3. The summed E-state index contributed by atoms with van der Waals surface area (Å²) < 4.78 is 45.2. The van der Waals surface area contributed by atoms with Crippen LogP contribution >= 0.6 is 0 Å². The molecule has 0 amide bonds. The van der Waals surface area contributed by atoms with Gasteiger partial charge in [-0.3, -0.25) is 4.98 Å². The largest absolute Gasteiger partial charge is 0.492 e. The Morgan fingerprint density at radius 1 is 1.26 bits per heavy atom. The third-order valence-corrected chi connectivity index (χ3v) is 2.22. The highest BCUT2D eigenvalue weighted by molar-refractivity contribution is 5.29. The topological polar surface area (TPSA) is 57.4 Å². The van der Waals surface area contributed by atoms with Crippen LogP contribution in [0.4, 0.5) is 13.2 Å². The molecular weight excluding hydrogens is 261 g/mol. The third-order valence-electron chi connectivity index (χ3n) is 2.22. The lowest BCUT2D eigenvalue weighted by molar-refractivity contribution is -0.174. The molecule has 2 N–H and O–H groups in total. The van der Waals surface area contributed by atoms with Crippen LogP contribution in [-0.2, 0) is 11.3 Å². The van der Waals surface area contributed by atoms with Crippen molar-refractivity contribution in [2.45, 2.75) is 26.1 Å². The zero-order valence-electron chi connectivity index (χ0n) is 10.7. The summed E-state index contributed by atoms with van der Waals surface area (Å²) in [5.74, 6) is 0.559. The molecule has 0 spiro atoms. The molecule has 0 aliphatic heterocycles. The van der Waals surface area contributed by atoms with Gasteiger partial charge in [-0.15, -0.1) is 0 Å². The van der Waals surface area contributed by atoms with Gasteiger partial charge in [0.1, 0.15) is 12.4 Å².